The molecule has 0 aliphatic heterocycles. The number of hydrogen-bond donors (Lipinski definition) is 2. The van der Waals surface area contributed by atoms with Crippen molar-refractivity contribution in [3.63, 3.8) is 0 Å². The van der Waals surface area contributed by atoms with Gasteiger partial charge in [0.15, 0.2) is 0 Å². The van der Waals surface area contributed by atoms with Crippen LogP contribution in [0, 0.1) is 17.8 Å². The number of fused-ring (bicyclic) bond motifs is 2. The van der Waals surface area contributed by atoms with Crippen LogP contribution in [0.3, 0.4) is 0 Å². The van der Waals surface area contributed by atoms with Crippen LogP contribution in [0.4, 0.5) is 0 Å². The average molecular weight is 139 g/mol. The van der Waals surface area contributed by atoms with Gasteiger partial charge in [-0.05, 0) is 18.3 Å². The summed E-state index contributed by atoms with van der Waals surface area (Å²) in [7, 11) is 0. The molecule has 0 radical (unpaired) electrons. The first kappa shape index (κ1) is 6.38. The molecular weight excluding hydrogens is 126 g/mol. The molecule has 2 heteroatoms. The Morgan fingerprint density at radius 1 is 1.40 bits per heavy atom. The van der Waals surface area contributed by atoms with E-state index in [-0.39, 0.29) is 12.6 Å². The monoisotopic (exact) mass is 139 g/mol. The van der Waals surface area contributed by atoms with Gasteiger partial charge < -0.3 is 10.8 Å². The van der Waals surface area contributed by atoms with E-state index in [1.54, 1.807) is 0 Å². The number of rotatable bonds is 1. The van der Waals surface area contributed by atoms with Gasteiger partial charge in [0.2, 0.25) is 0 Å². The van der Waals surface area contributed by atoms with Crippen molar-refractivity contribution in [3.05, 3.63) is 12.2 Å². The molecule has 0 saturated heterocycles. The maximum absolute atomic E-state index is 8.94. The highest BCUT2D eigenvalue weighted by Crippen LogP contribution is 2.42. The fourth-order valence-electron chi connectivity index (χ4n) is 2.22. The van der Waals surface area contributed by atoms with Crippen molar-refractivity contribution in [1.82, 2.24) is 0 Å². The second-order valence-electron chi connectivity index (χ2n) is 3.37. The van der Waals surface area contributed by atoms with Gasteiger partial charge in [-0.1, -0.05) is 12.2 Å². The summed E-state index contributed by atoms with van der Waals surface area (Å²) in [5.41, 5.74) is 5.86. The van der Waals surface area contributed by atoms with Crippen LogP contribution >= 0.6 is 0 Å². The van der Waals surface area contributed by atoms with Crippen LogP contribution in [-0.2, 0) is 0 Å². The van der Waals surface area contributed by atoms with E-state index < -0.39 is 0 Å². The van der Waals surface area contributed by atoms with Crippen LogP contribution < -0.4 is 5.73 Å². The average Bonchev–Trinajstić information content (AvgIpc) is 2.46. The van der Waals surface area contributed by atoms with Gasteiger partial charge in [0.25, 0.3) is 0 Å². The molecule has 0 amide bonds. The molecule has 2 rings (SSSR count). The predicted octanol–water partition coefficient (Wildman–Crippen LogP) is 0.128. The van der Waals surface area contributed by atoms with Gasteiger partial charge in [-0.15, -0.1) is 0 Å². The van der Waals surface area contributed by atoms with Crippen molar-refractivity contribution >= 4 is 0 Å². The zero-order valence-corrected chi connectivity index (χ0v) is 5.90. The Morgan fingerprint density at radius 3 is 2.50 bits per heavy atom. The Labute approximate surface area is 60.7 Å². The zero-order valence-electron chi connectivity index (χ0n) is 5.90. The number of allylic oxidation sites excluding steroid dienone is 1. The van der Waals surface area contributed by atoms with Gasteiger partial charge in [0.05, 0.1) is 0 Å². The lowest BCUT2D eigenvalue weighted by Gasteiger charge is -2.21. The smallest absolute Gasteiger partial charge is 0.0479 e. The van der Waals surface area contributed by atoms with Gasteiger partial charge >= 0.3 is 0 Å². The second kappa shape index (κ2) is 2.07. The molecule has 2 aliphatic rings. The van der Waals surface area contributed by atoms with E-state index in [1.165, 1.54) is 6.42 Å². The van der Waals surface area contributed by atoms with Crippen LogP contribution in [0.2, 0.25) is 0 Å². The number of hydrogen-bond acceptors (Lipinski definition) is 2. The fraction of sp³-hybridized carbons (Fsp3) is 0.750. The summed E-state index contributed by atoms with van der Waals surface area (Å²) in [6.07, 6.45) is 5.57. The van der Waals surface area contributed by atoms with E-state index in [2.05, 4.69) is 12.2 Å². The molecule has 0 heterocycles. The second-order valence-corrected chi connectivity index (χ2v) is 3.37. The summed E-state index contributed by atoms with van der Waals surface area (Å²) in [6.45, 7) is 0.257. The van der Waals surface area contributed by atoms with Gasteiger partial charge in [0.1, 0.15) is 0 Å². The van der Waals surface area contributed by atoms with E-state index in [1.807, 2.05) is 0 Å². The van der Waals surface area contributed by atoms with Crippen LogP contribution in [0.25, 0.3) is 0 Å². The first-order valence-corrected chi connectivity index (χ1v) is 3.87. The maximum atomic E-state index is 8.94. The van der Waals surface area contributed by atoms with Crippen molar-refractivity contribution in [2.75, 3.05) is 6.61 Å². The molecule has 4 atom stereocenters. The highest BCUT2D eigenvalue weighted by atomic mass is 16.3. The lowest BCUT2D eigenvalue weighted by Crippen LogP contribution is -2.35. The van der Waals surface area contributed by atoms with Gasteiger partial charge in [0, 0.05) is 18.6 Å². The van der Waals surface area contributed by atoms with Crippen molar-refractivity contribution < 1.29 is 5.11 Å². The van der Waals surface area contributed by atoms with Crippen LogP contribution in [0.1, 0.15) is 6.42 Å². The van der Waals surface area contributed by atoms with Crippen molar-refractivity contribution in [3.8, 4) is 0 Å². The number of aliphatic hydroxyl groups is 1. The first-order valence-electron chi connectivity index (χ1n) is 3.87. The minimum absolute atomic E-state index is 0.222. The highest BCUT2D eigenvalue weighted by molar-refractivity contribution is 5.15. The molecule has 0 spiro atoms. The number of aliphatic hydroxyl groups excluding tert-OH is 1. The molecule has 2 bridgehead atoms. The third kappa shape index (κ3) is 0.662. The summed E-state index contributed by atoms with van der Waals surface area (Å²) in [5, 5.41) is 8.94. The molecule has 1 saturated carbocycles. The zero-order chi connectivity index (χ0) is 7.14. The van der Waals surface area contributed by atoms with E-state index in [4.69, 9.17) is 10.8 Å². The summed E-state index contributed by atoms with van der Waals surface area (Å²) in [4.78, 5) is 0. The lowest BCUT2D eigenvalue weighted by molar-refractivity contribution is 0.193. The molecule has 1 fully saturated rings. The van der Waals surface area contributed by atoms with E-state index >= 15 is 0 Å². The normalized spacial score (nSPS) is 50.6. The molecule has 0 unspecified atom stereocenters. The van der Waals surface area contributed by atoms with Crippen molar-refractivity contribution in [2.45, 2.75) is 12.5 Å². The number of nitrogens with two attached hydrogens (primary N) is 1. The van der Waals surface area contributed by atoms with Crippen LogP contribution in [-0.4, -0.2) is 17.8 Å². The molecule has 0 aromatic heterocycles. The Balaban J connectivity index is 2.18. The third-order valence-electron chi connectivity index (χ3n) is 2.90. The summed E-state index contributed by atoms with van der Waals surface area (Å²) >= 11 is 0. The third-order valence-corrected chi connectivity index (χ3v) is 2.90. The molecule has 10 heavy (non-hydrogen) atoms. The SMILES string of the molecule is N[C@H]1[C@@H](CO)[C@H]2C=C[C@@H]1C2. The van der Waals surface area contributed by atoms with Crippen LogP contribution in [0.15, 0.2) is 12.2 Å². The van der Waals surface area contributed by atoms with Gasteiger partial charge in [-0.2, -0.15) is 0 Å². The van der Waals surface area contributed by atoms with Crippen molar-refractivity contribution in [2.24, 2.45) is 23.5 Å². The molecule has 2 aliphatic carbocycles. The first-order chi connectivity index (χ1) is 4.83. The molecule has 0 aromatic rings. The highest BCUT2D eigenvalue weighted by Gasteiger charge is 2.41. The molecule has 56 valence electrons. The van der Waals surface area contributed by atoms with E-state index in [9.17, 15) is 0 Å². The maximum Gasteiger partial charge on any atom is 0.0479 e. The van der Waals surface area contributed by atoms with Gasteiger partial charge in [-0.3, -0.25) is 0 Å². The predicted molar refractivity (Wildman–Crippen MR) is 39.3 cm³/mol. The Morgan fingerprint density at radius 2 is 2.10 bits per heavy atom. The summed E-state index contributed by atoms with van der Waals surface area (Å²) < 4.78 is 0. The largest absolute Gasteiger partial charge is 0.396 e. The standard InChI is InChI=1S/C8H13NO/c9-8-6-2-1-5(3-6)7(8)4-10/h1-2,5-8,10H,3-4,9H2/t5-,6+,7-,8+/m0/s1. The summed E-state index contributed by atoms with van der Waals surface area (Å²) in [5.74, 6) is 1.47. The Hall–Kier alpha value is -0.340. The summed E-state index contributed by atoms with van der Waals surface area (Å²) in [6, 6.07) is 0.222. The fourth-order valence-corrected chi connectivity index (χ4v) is 2.22. The topological polar surface area (TPSA) is 46.2 Å². The van der Waals surface area contributed by atoms with Crippen LogP contribution in [0.5, 0.6) is 0 Å². The quantitative estimate of drug-likeness (QED) is 0.507. The van der Waals surface area contributed by atoms with Gasteiger partial charge in [-0.25, -0.2) is 0 Å². The van der Waals surface area contributed by atoms with Crippen molar-refractivity contribution in [1.29, 1.82) is 0 Å². The minimum atomic E-state index is 0.222. The van der Waals surface area contributed by atoms with E-state index in [0.717, 1.165) is 0 Å². The molecular formula is C8H13NO. The lowest BCUT2D eigenvalue weighted by atomic mass is 9.90. The van der Waals surface area contributed by atoms with E-state index in [0.29, 0.717) is 17.8 Å². The Bertz CT molecular complexity index is 167. The molecule has 0 aromatic carbocycles. The molecule has 2 nitrogen and oxygen atoms in total. The minimum Gasteiger partial charge on any atom is -0.396 e. The Kier molecular flexibility index (Phi) is 1.32. The molecule has 3 N–H and O–H groups in total.